The van der Waals surface area contributed by atoms with Gasteiger partial charge in [-0.1, -0.05) is 52.3 Å². The van der Waals surface area contributed by atoms with Gasteiger partial charge in [0.2, 0.25) is 6.41 Å². The molecule has 0 fully saturated rings. The molecule has 0 aliphatic carbocycles. The van der Waals surface area contributed by atoms with Crippen LogP contribution in [0, 0.1) is 0 Å². The molecule has 30 heavy (non-hydrogen) atoms. The van der Waals surface area contributed by atoms with Gasteiger partial charge in [0, 0.05) is 10.0 Å². The Bertz CT molecular complexity index is 1240. The topological polar surface area (TPSA) is 93.8 Å². The Labute approximate surface area is 182 Å². The number of hydrogen-bond acceptors (Lipinski definition) is 5. The maximum absolute atomic E-state index is 10.9. The van der Waals surface area contributed by atoms with Crippen LogP contribution in [0.4, 0.5) is 5.82 Å². The number of carbonyl (C=O) groups excluding carboxylic acids is 1. The van der Waals surface area contributed by atoms with Crippen LogP contribution in [0.3, 0.4) is 0 Å². The molecule has 0 atom stereocenters. The zero-order valence-corrected chi connectivity index (χ0v) is 18.1. The molecular weight excluding hydrogens is 442 g/mol. The van der Waals surface area contributed by atoms with E-state index in [0.717, 1.165) is 37.8 Å². The first-order valence-corrected chi connectivity index (χ1v) is 10.2. The Hall–Kier alpha value is -3.32. The summed E-state index contributed by atoms with van der Waals surface area (Å²) in [5, 5.41) is 3.56. The van der Waals surface area contributed by atoms with E-state index < -0.39 is 5.54 Å². The fourth-order valence-corrected chi connectivity index (χ4v) is 3.81. The third kappa shape index (κ3) is 3.76. The Kier molecular flexibility index (Phi) is 5.22. The van der Waals surface area contributed by atoms with Crippen LogP contribution in [0.15, 0.2) is 65.4 Å². The van der Waals surface area contributed by atoms with Crippen LogP contribution in [-0.2, 0) is 10.3 Å². The van der Waals surface area contributed by atoms with Gasteiger partial charge < -0.3 is 11.1 Å². The van der Waals surface area contributed by atoms with Crippen molar-refractivity contribution in [2.75, 3.05) is 5.73 Å². The second-order valence-corrected chi connectivity index (χ2v) is 8.40. The molecule has 2 heterocycles. The molecule has 2 aromatic carbocycles. The van der Waals surface area contributed by atoms with Gasteiger partial charge in [-0.25, -0.2) is 15.0 Å². The number of rotatable bonds is 5. The zero-order valence-electron chi connectivity index (χ0n) is 16.6. The summed E-state index contributed by atoms with van der Waals surface area (Å²) in [5.41, 5.74) is 10.9. The Morgan fingerprint density at radius 3 is 2.50 bits per heavy atom. The van der Waals surface area contributed by atoms with Crippen molar-refractivity contribution in [2.24, 2.45) is 0 Å². The number of halogens is 1. The van der Waals surface area contributed by atoms with E-state index >= 15 is 0 Å². The molecule has 0 unspecified atom stereocenters. The molecule has 2 aromatic heterocycles. The summed E-state index contributed by atoms with van der Waals surface area (Å²) in [6.07, 6.45) is 2.14. The van der Waals surface area contributed by atoms with Crippen LogP contribution in [0.5, 0.6) is 0 Å². The van der Waals surface area contributed by atoms with E-state index in [1.807, 2.05) is 68.4 Å². The fraction of sp³-hybridized carbons (Fsp3) is 0.130. The van der Waals surface area contributed by atoms with E-state index in [4.69, 9.17) is 10.7 Å². The second kappa shape index (κ2) is 7.84. The van der Waals surface area contributed by atoms with Gasteiger partial charge >= 0.3 is 0 Å². The molecule has 0 saturated carbocycles. The molecule has 0 saturated heterocycles. The maximum Gasteiger partial charge on any atom is 0.207 e. The number of carbonyl (C=O) groups is 1. The second-order valence-electron chi connectivity index (χ2n) is 7.49. The smallest absolute Gasteiger partial charge is 0.207 e. The first-order chi connectivity index (χ1) is 14.4. The molecule has 0 aliphatic rings. The van der Waals surface area contributed by atoms with E-state index in [-0.39, 0.29) is 0 Å². The number of pyridine rings is 1. The van der Waals surface area contributed by atoms with Gasteiger partial charge in [-0.05, 0) is 48.7 Å². The summed E-state index contributed by atoms with van der Waals surface area (Å²) in [4.78, 5) is 24.1. The van der Waals surface area contributed by atoms with Gasteiger partial charge in [-0.15, -0.1) is 0 Å². The lowest BCUT2D eigenvalue weighted by Crippen LogP contribution is -2.35. The predicted octanol–water partition coefficient (Wildman–Crippen LogP) is 4.68. The Balaban J connectivity index is 1.88. The lowest BCUT2D eigenvalue weighted by Gasteiger charge is -2.24. The van der Waals surface area contributed by atoms with Crippen LogP contribution in [0.25, 0.3) is 33.4 Å². The minimum absolute atomic E-state index is 0.395. The summed E-state index contributed by atoms with van der Waals surface area (Å²) in [5.74, 6) is 0.395. The lowest BCUT2D eigenvalue weighted by molar-refractivity contribution is -0.111. The summed E-state index contributed by atoms with van der Waals surface area (Å²) in [6, 6.07) is 18.0. The Morgan fingerprint density at radius 2 is 1.80 bits per heavy atom. The SMILES string of the molecule is CC(C)(NC=O)c1ccc(-c2cc(-c3cccc(Br)c3)c3c(N)ncnc3n2)cc1. The number of fused-ring (bicyclic) bond motifs is 1. The van der Waals surface area contributed by atoms with Gasteiger partial charge in [0.1, 0.15) is 12.1 Å². The number of nitrogens with one attached hydrogen (secondary N) is 1. The highest BCUT2D eigenvalue weighted by atomic mass is 79.9. The van der Waals surface area contributed by atoms with Gasteiger partial charge in [0.05, 0.1) is 16.6 Å². The monoisotopic (exact) mass is 461 g/mol. The third-order valence-electron chi connectivity index (χ3n) is 5.09. The molecular formula is C23H20BrN5O. The van der Waals surface area contributed by atoms with Gasteiger partial charge in [-0.2, -0.15) is 0 Å². The fourth-order valence-electron chi connectivity index (χ4n) is 3.41. The third-order valence-corrected chi connectivity index (χ3v) is 5.58. The molecule has 7 heteroatoms. The van der Waals surface area contributed by atoms with Crippen molar-refractivity contribution in [3.05, 3.63) is 71.0 Å². The first-order valence-electron chi connectivity index (χ1n) is 9.38. The molecule has 6 nitrogen and oxygen atoms in total. The van der Waals surface area contributed by atoms with Crippen LogP contribution in [0.2, 0.25) is 0 Å². The first kappa shape index (κ1) is 20.0. The molecule has 0 aliphatic heterocycles. The summed E-state index contributed by atoms with van der Waals surface area (Å²) < 4.78 is 0.969. The molecule has 0 spiro atoms. The molecule has 150 valence electrons. The molecule has 0 radical (unpaired) electrons. The minimum Gasteiger partial charge on any atom is -0.383 e. The summed E-state index contributed by atoms with van der Waals surface area (Å²) in [6.45, 7) is 3.91. The van der Waals surface area contributed by atoms with E-state index in [1.54, 1.807) is 0 Å². The average molecular weight is 462 g/mol. The molecule has 4 rings (SSSR count). The number of aromatic nitrogens is 3. The van der Waals surface area contributed by atoms with Gasteiger partial charge in [0.25, 0.3) is 0 Å². The highest BCUT2D eigenvalue weighted by molar-refractivity contribution is 9.10. The number of anilines is 1. The number of hydrogen-bond donors (Lipinski definition) is 2. The molecule has 4 aromatic rings. The number of nitrogen functional groups attached to an aromatic ring is 1. The van der Waals surface area contributed by atoms with Crippen molar-refractivity contribution in [1.29, 1.82) is 0 Å². The van der Waals surface area contributed by atoms with Crippen molar-refractivity contribution >= 4 is 39.2 Å². The van der Waals surface area contributed by atoms with Gasteiger partial charge in [0.15, 0.2) is 5.65 Å². The van der Waals surface area contributed by atoms with Crippen molar-refractivity contribution < 1.29 is 4.79 Å². The number of nitrogens with two attached hydrogens (primary N) is 1. The molecule has 0 bridgehead atoms. The quantitative estimate of drug-likeness (QED) is 0.420. The molecule has 1 amide bonds. The van der Waals surface area contributed by atoms with Crippen molar-refractivity contribution in [3.8, 4) is 22.4 Å². The van der Waals surface area contributed by atoms with E-state index in [9.17, 15) is 4.79 Å². The Morgan fingerprint density at radius 1 is 1.03 bits per heavy atom. The number of amides is 1. The van der Waals surface area contributed by atoms with Crippen molar-refractivity contribution in [2.45, 2.75) is 19.4 Å². The number of nitrogens with zero attached hydrogens (tertiary/aromatic N) is 3. The largest absolute Gasteiger partial charge is 0.383 e. The summed E-state index contributed by atoms with van der Waals surface area (Å²) >= 11 is 3.54. The van der Waals surface area contributed by atoms with E-state index in [1.165, 1.54) is 6.33 Å². The zero-order chi connectivity index (χ0) is 21.3. The van der Waals surface area contributed by atoms with E-state index in [2.05, 4.69) is 31.2 Å². The minimum atomic E-state index is -0.458. The van der Waals surface area contributed by atoms with Crippen molar-refractivity contribution in [3.63, 3.8) is 0 Å². The summed E-state index contributed by atoms with van der Waals surface area (Å²) in [7, 11) is 0. The van der Waals surface area contributed by atoms with Crippen LogP contribution < -0.4 is 11.1 Å². The lowest BCUT2D eigenvalue weighted by atomic mass is 9.93. The molecule has 3 N–H and O–H groups in total. The van der Waals surface area contributed by atoms with Crippen LogP contribution in [0.1, 0.15) is 19.4 Å². The number of benzene rings is 2. The maximum atomic E-state index is 10.9. The van der Waals surface area contributed by atoms with Crippen molar-refractivity contribution in [1.82, 2.24) is 20.3 Å². The highest BCUT2D eigenvalue weighted by Crippen LogP contribution is 2.35. The average Bonchev–Trinajstić information content (AvgIpc) is 2.73. The van der Waals surface area contributed by atoms with Gasteiger partial charge in [-0.3, -0.25) is 4.79 Å². The van der Waals surface area contributed by atoms with Crippen LogP contribution in [-0.4, -0.2) is 21.4 Å². The predicted molar refractivity (Wildman–Crippen MR) is 123 cm³/mol. The normalized spacial score (nSPS) is 11.4. The highest BCUT2D eigenvalue weighted by Gasteiger charge is 2.19. The van der Waals surface area contributed by atoms with E-state index in [0.29, 0.717) is 17.9 Å². The standard InChI is InChI=1S/C23H20BrN5O/c1-23(2,28-13-30)16-8-6-14(7-9-16)19-11-18(15-4-3-5-17(24)10-15)20-21(25)26-12-27-22(20)29-19/h3-13H,1-2H3,(H,28,30)(H2,25,26,27,29). The van der Waals surface area contributed by atoms with Crippen LogP contribution >= 0.6 is 15.9 Å².